The van der Waals surface area contributed by atoms with Crippen LogP contribution in [0.1, 0.15) is 18.2 Å². The van der Waals surface area contributed by atoms with Gasteiger partial charge in [0.15, 0.2) is 0 Å². The number of nitrogens with zero attached hydrogens (tertiary/aromatic N) is 2. The minimum Gasteiger partial charge on any atom is -0.446 e. The molecule has 1 atom stereocenters. The van der Waals surface area contributed by atoms with E-state index < -0.39 is 27.5 Å². The largest absolute Gasteiger partial charge is 0.446 e. The topological polar surface area (TPSA) is 99.9 Å². The van der Waals surface area contributed by atoms with Crippen molar-refractivity contribution in [3.05, 3.63) is 53.8 Å². The molecule has 0 saturated carbocycles. The van der Waals surface area contributed by atoms with Gasteiger partial charge < -0.3 is 9.73 Å². The lowest BCUT2D eigenvalue weighted by molar-refractivity contribution is -0.131. The Morgan fingerprint density at radius 1 is 1.12 bits per heavy atom. The molecule has 2 heterocycles. The van der Waals surface area contributed by atoms with Crippen LogP contribution >= 0.6 is 0 Å². The number of nitrogens with one attached hydrogen (secondary N) is 1. The maximum atomic E-state index is 12.8. The van der Waals surface area contributed by atoms with Crippen LogP contribution in [-0.2, 0) is 26.9 Å². The van der Waals surface area contributed by atoms with E-state index in [0.29, 0.717) is 5.56 Å². The number of rotatable bonds is 5. The average Bonchev–Trinajstić information content (AvgIpc) is 3.16. The van der Waals surface area contributed by atoms with Gasteiger partial charge in [-0.2, -0.15) is 0 Å². The molecule has 26 heavy (non-hydrogen) atoms. The maximum Gasteiger partial charge on any atom is 0.325 e. The average molecular weight is 377 g/mol. The number of hydrogen-bond acceptors (Lipinski definition) is 5. The fourth-order valence-electron chi connectivity index (χ4n) is 2.73. The highest BCUT2D eigenvalue weighted by molar-refractivity contribution is 7.88. The van der Waals surface area contributed by atoms with Crippen LogP contribution < -0.4 is 5.32 Å². The van der Waals surface area contributed by atoms with E-state index in [1.165, 1.54) is 26.2 Å². The summed E-state index contributed by atoms with van der Waals surface area (Å²) in [5.74, 6) is -0.228. The molecule has 2 aromatic rings. The molecule has 0 radical (unpaired) electrons. The molecule has 1 fully saturated rings. The van der Waals surface area contributed by atoms with Crippen LogP contribution in [0.4, 0.5) is 4.79 Å². The van der Waals surface area contributed by atoms with E-state index in [4.69, 9.17) is 4.42 Å². The summed E-state index contributed by atoms with van der Waals surface area (Å²) in [4.78, 5) is 26.2. The summed E-state index contributed by atoms with van der Waals surface area (Å²) in [5.41, 5.74) is -0.514. The Kier molecular flexibility index (Phi) is 4.37. The van der Waals surface area contributed by atoms with Crippen LogP contribution in [0.5, 0.6) is 0 Å². The fourth-order valence-corrected chi connectivity index (χ4v) is 3.54. The van der Waals surface area contributed by atoms with Crippen molar-refractivity contribution in [1.29, 1.82) is 0 Å². The Bertz CT molecular complexity index is 952. The van der Waals surface area contributed by atoms with Crippen molar-refractivity contribution in [1.82, 2.24) is 14.5 Å². The fraction of sp³-hybridized carbons (Fsp3) is 0.294. The summed E-state index contributed by atoms with van der Waals surface area (Å²) in [6.07, 6.45) is 0. The zero-order chi connectivity index (χ0) is 19.1. The second kappa shape index (κ2) is 6.26. The minimum absolute atomic E-state index is 0.157. The Morgan fingerprint density at radius 3 is 2.38 bits per heavy atom. The molecule has 1 saturated heterocycles. The first-order valence-electron chi connectivity index (χ1n) is 7.87. The van der Waals surface area contributed by atoms with E-state index in [2.05, 4.69) is 5.32 Å². The lowest BCUT2D eigenvalue weighted by Crippen LogP contribution is -2.40. The van der Waals surface area contributed by atoms with Crippen LogP contribution in [0.3, 0.4) is 0 Å². The van der Waals surface area contributed by atoms with E-state index in [-0.39, 0.29) is 17.4 Å². The van der Waals surface area contributed by atoms with Crippen molar-refractivity contribution >= 4 is 22.0 Å². The first-order chi connectivity index (χ1) is 12.2. The molecule has 3 rings (SSSR count). The highest BCUT2D eigenvalue weighted by Crippen LogP contribution is 2.30. The van der Waals surface area contributed by atoms with Crippen molar-refractivity contribution in [2.45, 2.75) is 24.1 Å². The zero-order valence-corrected chi connectivity index (χ0v) is 15.4. The molecule has 0 aliphatic carbocycles. The molecular weight excluding hydrogens is 358 g/mol. The van der Waals surface area contributed by atoms with E-state index in [9.17, 15) is 18.0 Å². The van der Waals surface area contributed by atoms with E-state index in [0.717, 1.165) is 9.21 Å². The molecule has 0 spiro atoms. The highest BCUT2D eigenvalue weighted by atomic mass is 32.2. The number of benzene rings is 1. The Hall–Kier alpha value is -2.65. The molecule has 0 bridgehead atoms. The molecule has 1 aromatic heterocycles. The van der Waals surface area contributed by atoms with Crippen LogP contribution in [0.2, 0.25) is 0 Å². The van der Waals surface area contributed by atoms with Crippen molar-refractivity contribution < 1.29 is 22.4 Å². The van der Waals surface area contributed by atoms with Gasteiger partial charge in [0, 0.05) is 14.1 Å². The number of carbonyl (C=O) groups excluding carboxylic acids is 2. The summed E-state index contributed by atoms with van der Waals surface area (Å²) < 4.78 is 30.5. The van der Waals surface area contributed by atoms with Gasteiger partial charge in [-0.1, -0.05) is 30.3 Å². The van der Waals surface area contributed by atoms with Crippen molar-refractivity contribution in [2.75, 3.05) is 14.1 Å². The highest BCUT2D eigenvalue weighted by Gasteiger charge is 2.49. The first-order valence-corrected chi connectivity index (χ1v) is 9.31. The van der Waals surface area contributed by atoms with Gasteiger partial charge in [-0.3, -0.25) is 9.69 Å². The number of imide groups is 1. The smallest absolute Gasteiger partial charge is 0.325 e. The number of hydrogen-bond donors (Lipinski definition) is 1. The molecule has 1 aliphatic rings. The minimum atomic E-state index is -3.72. The van der Waals surface area contributed by atoms with Crippen LogP contribution in [0.15, 0.2) is 52.0 Å². The van der Waals surface area contributed by atoms with Crippen molar-refractivity contribution in [3.63, 3.8) is 0 Å². The molecular formula is C17H19N3O5S. The molecule has 0 unspecified atom stereocenters. The normalized spacial score (nSPS) is 20.7. The second-order valence-electron chi connectivity index (χ2n) is 6.32. The van der Waals surface area contributed by atoms with Gasteiger partial charge in [-0.05, 0) is 24.6 Å². The van der Waals surface area contributed by atoms with Gasteiger partial charge in [0.25, 0.3) is 15.9 Å². The standard InChI is InChI=1S/C17H19N3O5S/c1-17(12-7-5-4-6-8-12)15(21)20(16(22)18-17)11-13-9-10-14(25-13)26(23,24)19(2)3/h4-10H,11H2,1-3H3,(H,18,22)/t17-/m0/s1. The lowest BCUT2D eigenvalue weighted by Gasteiger charge is -2.21. The SMILES string of the molecule is CN(C)S(=O)(=O)c1ccc(CN2C(=O)N[C@@](C)(c3ccccc3)C2=O)o1. The molecule has 138 valence electrons. The van der Waals surface area contributed by atoms with Gasteiger partial charge >= 0.3 is 6.03 Å². The summed E-state index contributed by atoms with van der Waals surface area (Å²) in [7, 11) is -0.942. The van der Waals surface area contributed by atoms with Gasteiger partial charge in [0.05, 0.1) is 6.54 Å². The maximum absolute atomic E-state index is 12.8. The van der Waals surface area contributed by atoms with Crippen molar-refractivity contribution in [3.8, 4) is 0 Å². The number of sulfonamides is 1. The predicted octanol–water partition coefficient (Wildman–Crippen LogP) is 1.50. The summed E-state index contributed by atoms with van der Waals surface area (Å²) in [5, 5.41) is 2.45. The Morgan fingerprint density at radius 2 is 1.77 bits per heavy atom. The van der Waals surface area contributed by atoms with E-state index in [1.54, 1.807) is 31.2 Å². The molecule has 9 heteroatoms. The predicted molar refractivity (Wildman–Crippen MR) is 92.5 cm³/mol. The van der Waals surface area contributed by atoms with Gasteiger partial charge in [-0.25, -0.2) is 17.5 Å². The van der Waals surface area contributed by atoms with Crippen molar-refractivity contribution in [2.24, 2.45) is 0 Å². The summed E-state index contributed by atoms with van der Waals surface area (Å²) in [6, 6.07) is 11.1. The number of furan rings is 1. The monoisotopic (exact) mass is 377 g/mol. The molecule has 1 N–H and O–H groups in total. The molecule has 1 aliphatic heterocycles. The third-order valence-corrected chi connectivity index (χ3v) is 6.00. The molecule has 3 amide bonds. The van der Waals surface area contributed by atoms with Gasteiger partial charge in [0.2, 0.25) is 5.09 Å². The van der Waals surface area contributed by atoms with E-state index in [1.807, 2.05) is 6.07 Å². The van der Waals surface area contributed by atoms with Crippen LogP contribution in [0, 0.1) is 0 Å². The van der Waals surface area contributed by atoms with Crippen LogP contribution in [-0.4, -0.2) is 43.7 Å². The number of urea groups is 1. The van der Waals surface area contributed by atoms with E-state index >= 15 is 0 Å². The summed E-state index contributed by atoms with van der Waals surface area (Å²) >= 11 is 0. The quantitative estimate of drug-likeness (QED) is 0.796. The molecule has 8 nitrogen and oxygen atoms in total. The number of amides is 3. The van der Waals surface area contributed by atoms with Gasteiger partial charge in [-0.15, -0.1) is 0 Å². The Balaban J connectivity index is 1.85. The van der Waals surface area contributed by atoms with Gasteiger partial charge in [0.1, 0.15) is 11.3 Å². The lowest BCUT2D eigenvalue weighted by atomic mass is 9.92. The zero-order valence-electron chi connectivity index (χ0n) is 14.6. The Labute approximate surface area is 151 Å². The number of carbonyl (C=O) groups is 2. The third-order valence-electron chi connectivity index (χ3n) is 4.31. The molecule has 1 aromatic carbocycles. The second-order valence-corrected chi connectivity index (χ2v) is 8.40. The third kappa shape index (κ3) is 2.89. The summed E-state index contributed by atoms with van der Waals surface area (Å²) in [6.45, 7) is 1.47. The van der Waals surface area contributed by atoms with Crippen LogP contribution in [0.25, 0.3) is 0 Å². The first kappa shape index (κ1) is 18.2.